The number of rotatable bonds is 6. The summed E-state index contributed by atoms with van der Waals surface area (Å²) in [6, 6.07) is 0.611. The highest BCUT2D eigenvalue weighted by atomic mass is 16.5. The lowest BCUT2D eigenvalue weighted by atomic mass is 10.2. The quantitative estimate of drug-likeness (QED) is 0.736. The molecule has 0 spiro atoms. The number of hydrogen-bond donors (Lipinski definition) is 0. The standard InChI is InChI=1S/C15H22N8O2/c1-10-16-14(18-25-10)8-22(11(2)24)13-5-6-21(7-13)9-15-17-19-20-23(15)12-3-4-12/h12-13H,3-9H2,1-2H3/t13-/m1/s1. The Hall–Kier alpha value is -2.36. The zero-order valence-electron chi connectivity index (χ0n) is 14.5. The fraction of sp³-hybridized carbons (Fsp3) is 0.733. The van der Waals surface area contributed by atoms with Crippen LogP contribution >= 0.6 is 0 Å². The molecule has 134 valence electrons. The van der Waals surface area contributed by atoms with Crippen molar-refractivity contribution in [2.24, 2.45) is 0 Å². The van der Waals surface area contributed by atoms with Gasteiger partial charge in [-0.2, -0.15) is 4.98 Å². The zero-order valence-corrected chi connectivity index (χ0v) is 14.5. The predicted molar refractivity (Wildman–Crippen MR) is 85.0 cm³/mol. The van der Waals surface area contributed by atoms with E-state index in [0.717, 1.165) is 38.2 Å². The highest BCUT2D eigenvalue weighted by Crippen LogP contribution is 2.34. The smallest absolute Gasteiger partial charge is 0.223 e. The second-order valence-electron chi connectivity index (χ2n) is 6.83. The maximum Gasteiger partial charge on any atom is 0.223 e. The van der Waals surface area contributed by atoms with Crippen molar-refractivity contribution in [3.63, 3.8) is 0 Å². The van der Waals surface area contributed by atoms with Gasteiger partial charge in [-0.15, -0.1) is 5.10 Å². The van der Waals surface area contributed by atoms with E-state index in [-0.39, 0.29) is 11.9 Å². The molecule has 2 fully saturated rings. The van der Waals surface area contributed by atoms with E-state index in [0.29, 0.717) is 30.8 Å². The minimum atomic E-state index is 0.0251. The molecule has 1 atom stereocenters. The van der Waals surface area contributed by atoms with Gasteiger partial charge in [0.05, 0.1) is 19.1 Å². The van der Waals surface area contributed by atoms with E-state index in [9.17, 15) is 4.79 Å². The first kappa shape index (κ1) is 16.1. The van der Waals surface area contributed by atoms with Crippen molar-refractivity contribution in [3.05, 3.63) is 17.5 Å². The Morgan fingerprint density at radius 3 is 2.88 bits per heavy atom. The average molecular weight is 346 g/mol. The molecule has 1 aliphatic heterocycles. The summed E-state index contributed by atoms with van der Waals surface area (Å²) in [6.45, 7) is 6.14. The van der Waals surface area contributed by atoms with Gasteiger partial charge in [0.15, 0.2) is 11.6 Å². The molecule has 1 amide bonds. The molecular weight excluding hydrogens is 324 g/mol. The van der Waals surface area contributed by atoms with E-state index < -0.39 is 0 Å². The van der Waals surface area contributed by atoms with Crippen LogP contribution in [0.4, 0.5) is 0 Å². The van der Waals surface area contributed by atoms with Gasteiger partial charge >= 0.3 is 0 Å². The Kier molecular flexibility index (Phi) is 4.20. The molecule has 0 radical (unpaired) electrons. The molecule has 10 heteroatoms. The van der Waals surface area contributed by atoms with Crippen LogP contribution in [-0.4, -0.2) is 65.2 Å². The van der Waals surface area contributed by atoms with E-state index in [1.54, 1.807) is 13.8 Å². The molecule has 2 aliphatic rings. The lowest BCUT2D eigenvalue weighted by Gasteiger charge is -2.26. The summed E-state index contributed by atoms with van der Waals surface area (Å²) in [5, 5.41) is 16.0. The first-order chi connectivity index (χ1) is 12.1. The van der Waals surface area contributed by atoms with Crippen LogP contribution in [0.2, 0.25) is 0 Å². The van der Waals surface area contributed by atoms with Crippen molar-refractivity contribution >= 4 is 5.91 Å². The maximum absolute atomic E-state index is 12.1. The van der Waals surface area contributed by atoms with Crippen molar-refractivity contribution in [1.29, 1.82) is 0 Å². The summed E-state index contributed by atoms with van der Waals surface area (Å²) in [5.74, 6) is 1.99. The molecule has 1 saturated carbocycles. The third kappa shape index (κ3) is 3.53. The summed E-state index contributed by atoms with van der Waals surface area (Å²) in [5.41, 5.74) is 0. The fourth-order valence-corrected chi connectivity index (χ4v) is 3.38. The molecule has 0 aromatic carbocycles. The van der Waals surface area contributed by atoms with Crippen molar-refractivity contribution in [1.82, 2.24) is 40.1 Å². The van der Waals surface area contributed by atoms with Crippen LogP contribution in [0.1, 0.15) is 49.8 Å². The number of carbonyl (C=O) groups is 1. The number of amides is 1. The van der Waals surface area contributed by atoms with Crippen LogP contribution in [0.3, 0.4) is 0 Å². The zero-order chi connectivity index (χ0) is 17.4. The van der Waals surface area contributed by atoms with Gasteiger partial charge in [-0.25, -0.2) is 4.68 Å². The van der Waals surface area contributed by atoms with Gasteiger partial charge in [-0.1, -0.05) is 5.16 Å². The van der Waals surface area contributed by atoms with E-state index in [2.05, 4.69) is 30.6 Å². The van der Waals surface area contributed by atoms with Crippen molar-refractivity contribution < 1.29 is 9.32 Å². The molecule has 25 heavy (non-hydrogen) atoms. The van der Waals surface area contributed by atoms with Crippen molar-refractivity contribution in [3.8, 4) is 0 Å². The summed E-state index contributed by atoms with van der Waals surface area (Å²) in [4.78, 5) is 20.4. The third-order valence-electron chi connectivity index (χ3n) is 4.79. The second-order valence-corrected chi connectivity index (χ2v) is 6.83. The van der Waals surface area contributed by atoms with E-state index in [4.69, 9.17) is 4.52 Å². The van der Waals surface area contributed by atoms with Gasteiger partial charge in [0, 0.05) is 33.0 Å². The summed E-state index contributed by atoms with van der Waals surface area (Å²) in [6.07, 6.45) is 3.23. The second kappa shape index (κ2) is 6.51. The van der Waals surface area contributed by atoms with Crippen LogP contribution in [0.25, 0.3) is 0 Å². The number of likely N-dealkylation sites (tertiary alicyclic amines) is 1. The molecule has 2 aromatic heterocycles. The van der Waals surface area contributed by atoms with E-state index in [1.165, 1.54) is 0 Å². The molecule has 1 saturated heterocycles. The predicted octanol–water partition coefficient (Wildman–Crippen LogP) is 0.322. The normalized spacial score (nSPS) is 21.0. The molecule has 3 heterocycles. The summed E-state index contributed by atoms with van der Waals surface area (Å²) >= 11 is 0. The van der Waals surface area contributed by atoms with Crippen molar-refractivity contribution in [2.45, 2.75) is 58.3 Å². The Bertz CT molecular complexity index is 752. The van der Waals surface area contributed by atoms with Crippen LogP contribution in [-0.2, 0) is 17.9 Å². The molecule has 1 aliphatic carbocycles. The van der Waals surface area contributed by atoms with Crippen LogP contribution in [0.5, 0.6) is 0 Å². The van der Waals surface area contributed by atoms with E-state index in [1.807, 2.05) is 9.58 Å². The number of tetrazole rings is 1. The number of hydrogen-bond acceptors (Lipinski definition) is 8. The first-order valence-electron chi connectivity index (χ1n) is 8.65. The highest BCUT2D eigenvalue weighted by molar-refractivity contribution is 5.73. The molecule has 0 N–H and O–H groups in total. The number of aryl methyl sites for hydroxylation is 1. The monoisotopic (exact) mass is 346 g/mol. The summed E-state index contributed by atoms with van der Waals surface area (Å²) in [7, 11) is 0. The summed E-state index contributed by atoms with van der Waals surface area (Å²) < 4.78 is 6.95. The minimum absolute atomic E-state index is 0.0251. The largest absolute Gasteiger partial charge is 0.340 e. The van der Waals surface area contributed by atoms with Gasteiger partial charge in [0.2, 0.25) is 11.8 Å². The number of carbonyl (C=O) groups excluding carboxylic acids is 1. The Balaban J connectivity index is 1.39. The Morgan fingerprint density at radius 2 is 2.20 bits per heavy atom. The third-order valence-corrected chi connectivity index (χ3v) is 4.79. The van der Waals surface area contributed by atoms with Gasteiger partial charge in [-0.3, -0.25) is 9.69 Å². The van der Waals surface area contributed by atoms with Gasteiger partial charge in [0.25, 0.3) is 0 Å². The van der Waals surface area contributed by atoms with Crippen LogP contribution in [0.15, 0.2) is 4.52 Å². The fourth-order valence-electron chi connectivity index (χ4n) is 3.38. The lowest BCUT2D eigenvalue weighted by molar-refractivity contribution is -0.131. The molecule has 2 aromatic rings. The average Bonchev–Trinajstić information content (AvgIpc) is 2.96. The highest BCUT2D eigenvalue weighted by Gasteiger charge is 2.33. The number of aromatic nitrogens is 6. The molecule has 4 rings (SSSR count). The topological polar surface area (TPSA) is 106 Å². The van der Waals surface area contributed by atoms with Gasteiger partial charge < -0.3 is 9.42 Å². The lowest BCUT2D eigenvalue weighted by Crippen LogP contribution is -2.40. The SMILES string of the molecule is CC(=O)N(Cc1noc(C)n1)[C@@H]1CCN(Cc2nnnn2C2CC2)C1. The number of nitrogens with zero attached hydrogens (tertiary/aromatic N) is 8. The molecule has 0 unspecified atom stereocenters. The van der Waals surface area contributed by atoms with Crippen LogP contribution in [0, 0.1) is 6.92 Å². The van der Waals surface area contributed by atoms with Gasteiger partial charge in [0.1, 0.15) is 0 Å². The molecule has 10 nitrogen and oxygen atoms in total. The minimum Gasteiger partial charge on any atom is -0.340 e. The Labute approximate surface area is 145 Å². The van der Waals surface area contributed by atoms with Crippen molar-refractivity contribution in [2.75, 3.05) is 13.1 Å². The van der Waals surface area contributed by atoms with E-state index >= 15 is 0 Å². The maximum atomic E-state index is 12.1. The molecular formula is C15H22N8O2. The molecule has 0 bridgehead atoms. The first-order valence-corrected chi connectivity index (χ1v) is 8.65. The van der Waals surface area contributed by atoms with Crippen LogP contribution < -0.4 is 0 Å². The Morgan fingerprint density at radius 1 is 1.36 bits per heavy atom. The van der Waals surface area contributed by atoms with Gasteiger partial charge in [-0.05, 0) is 29.7 Å².